The van der Waals surface area contributed by atoms with Crippen LogP contribution in [0.5, 0.6) is 0 Å². The molecule has 1 aromatic carbocycles. The number of benzene rings is 1. The van der Waals surface area contributed by atoms with E-state index in [-0.39, 0.29) is 6.04 Å². The Kier molecular flexibility index (Phi) is 3.59. The molecule has 88 valence electrons. The Labute approximate surface area is 104 Å². The average Bonchev–Trinajstić information content (AvgIpc) is 2.29. The van der Waals surface area contributed by atoms with Gasteiger partial charge in [0.1, 0.15) is 5.82 Å². The van der Waals surface area contributed by atoms with Crippen molar-refractivity contribution in [1.29, 1.82) is 0 Å². The summed E-state index contributed by atoms with van der Waals surface area (Å²) >= 11 is 6.08. The summed E-state index contributed by atoms with van der Waals surface area (Å²) in [5, 5.41) is 3.79. The van der Waals surface area contributed by atoms with Gasteiger partial charge in [-0.05, 0) is 30.7 Å². The van der Waals surface area contributed by atoms with Crippen molar-refractivity contribution in [2.75, 3.05) is 5.32 Å². The third kappa shape index (κ3) is 2.94. The molecule has 0 aliphatic carbocycles. The summed E-state index contributed by atoms with van der Waals surface area (Å²) in [4.78, 5) is 3.75. The summed E-state index contributed by atoms with van der Waals surface area (Å²) < 4.78 is 12.9. The summed E-state index contributed by atoms with van der Waals surface area (Å²) in [7, 11) is 0. The predicted molar refractivity (Wildman–Crippen MR) is 67.7 cm³/mol. The second-order valence-corrected chi connectivity index (χ2v) is 4.14. The quantitative estimate of drug-likeness (QED) is 0.832. The molecule has 0 radical (unpaired) electrons. The maximum Gasteiger partial charge on any atom is 0.214 e. The van der Waals surface area contributed by atoms with E-state index in [0.717, 1.165) is 5.56 Å². The van der Waals surface area contributed by atoms with Crippen LogP contribution < -0.4 is 5.32 Å². The zero-order valence-electron chi connectivity index (χ0n) is 9.32. The van der Waals surface area contributed by atoms with Gasteiger partial charge in [-0.25, -0.2) is 4.98 Å². The second-order valence-electron chi connectivity index (χ2n) is 3.73. The molecular weight excluding hydrogens is 239 g/mol. The molecule has 1 N–H and O–H groups in total. The molecule has 0 aliphatic rings. The molecule has 1 unspecified atom stereocenters. The normalized spacial score (nSPS) is 12.2. The SMILES string of the molecule is CC(Nc1cccc(F)n1)c1ccccc1Cl. The fourth-order valence-electron chi connectivity index (χ4n) is 1.61. The van der Waals surface area contributed by atoms with Gasteiger partial charge in [-0.1, -0.05) is 35.9 Å². The minimum Gasteiger partial charge on any atom is -0.363 e. The fourth-order valence-corrected chi connectivity index (χ4v) is 1.91. The first-order valence-corrected chi connectivity index (χ1v) is 5.68. The monoisotopic (exact) mass is 250 g/mol. The molecule has 4 heteroatoms. The fraction of sp³-hybridized carbons (Fsp3) is 0.154. The molecule has 0 bridgehead atoms. The lowest BCUT2D eigenvalue weighted by Crippen LogP contribution is -2.08. The molecular formula is C13H12ClFN2. The highest BCUT2D eigenvalue weighted by Crippen LogP contribution is 2.24. The van der Waals surface area contributed by atoms with Crippen molar-refractivity contribution in [3.05, 3.63) is 59.0 Å². The Morgan fingerprint density at radius 1 is 1.18 bits per heavy atom. The molecule has 1 aromatic heterocycles. The lowest BCUT2D eigenvalue weighted by molar-refractivity contribution is 0.584. The Bertz CT molecular complexity index is 516. The molecule has 0 saturated carbocycles. The molecule has 1 heterocycles. The minimum absolute atomic E-state index is 0.0296. The Morgan fingerprint density at radius 2 is 1.94 bits per heavy atom. The highest BCUT2D eigenvalue weighted by atomic mass is 35.5. The van der Waals surface area contributed by atoms with Crippen LogP contribution in [0.4, 0.5) is 10.2 Å². The van der Waals surface area contributed by atoms with Crippen LogP contribution in [0.3, 0.4) is 0 Å². The van der Waals surface area contributed by atoms with Crippen LogP contribution >= 0.6 is 11.6 Å². The van der Waals surface area contributed by atoms with E-state index in [1.807, 2.05) is 31.2 Å². The highest BCUT2D eigenvalue weighted by Gasteiger charge is 2.09. The molecule has 0 amide bonds. The standard InChI is InChI=1S/C13H12ClFN2/c1-9(10-5-2-3-6-11(10)14)16-13-8-4-7-12(15)17-13/h2-9H,1H3,(H,16,17). The molecule has 0 fully saturated rings. The molecule has 17 heavy (non-hydrogen) atoms. The topological polar surface area (TPSA) is 24.9 Å². The van der Waals surface area contributed by atoms with E-state index in [4.69, 9.17) is 11.6 Å². The van der Waals surface area contributed by atoms with Gasteiger partial charge in [-0.3, -0.25) is 0 Å². The van der Waals surface area contributed by atoms with Crippen molar-refractivity contribution < 1.29 is 4.39 Å². The van der Waals surface area contributed by atoms with Crippen molar-refractivity contribution in [3.63, 3.8) is 0 Å². The molecule has 0 aliphatic heterocycles. The first kappa shape index (κ1) is 11.9. The largest absolute Gasteiger partial charge is 0.363 e. The number of aromatic nitrogens is 1. The Balaban J connectivity index is 2.17. The third-order valence-electron chi connectivity index (χ3n) is 2.45. The average molecular weight is 251 g/mol. The van der Waals surface area contributed by atoms with E-state index in [1.165, 1.54) is 6.07 Å². The number of anilines is 1. The molecule has 1 atom stereocenters. The maximum absolute atomic E-state index is 12.9. The van der Waals surface area contributed by atoms with Crippen LogP contribution in [0.1, 0.15) is 18.5 Å². The molecule has 0 spiro atoms. The van der Waals surface area contributed by atoms with Crippen LogP contribution in [-0.4, -0.2) is 4.98 Å². The van der Waals surface area contributed by atoms with E-state index in [1.54, 1.807) is 12.1 Å². The van der Waals surface area contributed by atoms with Crippen LogP contribution in [-0.2, 0) is 0 Å². The van der Waals surface area contributed by atoms with Gasteiger partial charge in [0.05, 0.1) is 6.04 Å². The van der Waals surface area contributed by atoms with Crippen LogP contribution in [0.2, 0.25) is 5.02 Å². The van der Waals surface area contributed by atoms with Gasteiger partial charge in [-0.15, -0.1) is 0 Å². The van der Waals surface area contributed by atoms with Gasteiger partial charge >= 0.3 is 0 Å². The van der Waals surface area contributed by atoms with Gasteiger partial charge in [0.15, 0.2) is 0 Å². The Hall–Kier alpha value is -1.61. The van der Waals surface area contributed by atoms with Crippen LogP contribution in [0, 0.1) is 5.95 Å². The maximum atomic E-state index is 12.9. The van der Waals surface area contributed by atoms with Gasteiger partial charge in [0, 0.05) is 5.02 Å². The van der Waals surface area contributed by atoms with Gasteiger partial charge in [0.2, 0.25) is 5.95 Å². The number of hydrogen-bond acceptors (Lipinski definition) is 2. The highest BCUT2D eigenvalue weighted by molar-refractivity contribution is 6.31. The summed E-state index contributed by atoms with van der Waals surface area (Å²) in [5.41, 5.74) is 0.959. The first-order chi connectivity index (χ1) is 8.16. The lowest BCUT2D eigenvalue weighted by Gasteiger charge is -2.16. The first-order valence-electron chi connectivity index (χ1n) is 5.30. The number of pyridine rings is 1. The van der Waals surface area contributed by atoms with Crippen molar-refractivity contribution in [2.24, 2.45) is 0 Å². The summed E-state index contributed by atoms with van der Waals surface area (Å²) in [6.07, 6.45) is 0. The van der Waals surface area contributed by atoms with Crippen LogP contribution in [0.25, 0.3) is 0 Å². The minimum atomic E-state index is -0.499. The summed E-state index contributed by atoms with van der Waals surface area (Å²) in [6, 6.07) is 12.2. The molecule has 0 saturated heterocycles. The second kappa shape index (κ2) is 5.15. The third-order valence-corrected chi connectivity index (χ3v) is 2.80. The molecule has 2 nitrogen and oxygen atoms in total. The smallest absolute Gasteiger partial charge is 0.214 e. The predicted octanol–water partition coefficient (Wildman–Crippen LogP) is 4.05. The van der Waals surface area contributed by atoms with E-state index in [0.29, 0.717) is 10.8 Å². The van der Waals surface area contributed by atoms with Gasteiger partial charge in [0.25, 0.3) is 0 Å². The van der Waals surface area contributed by atoms with Crippen molar-refractivity contribution in [2.45, 2.75) is 13.0 Å². The molecule has 2 rings (SSSR count). The van der Waals surface area contributed by atoms with Gasteiger partial charge < -0.3 is 5.32 Å². The number of nitrogens with one attached hydrogen (secondary N) is 1. The number of halogens is 2. The number of rotatable bonds is 3. The van der Waals surface area contributed by atoms with Crippen molar-refractivity contribution in [3.8, 4) is 0 Å². The van der Waals surface area contributed by atoms with E-state index >= 15 is 0 Å². The van der Waals surface area contributed by atoms with Crippen molar-refractivity contribution in [1.82, 2.24) is 4.98 Å². The van der Waals surface area contributed by atoms with E-state index in [2.05, 4.69) is 10.3 Å². The Morgan fingerprint density at radius 3 is 2.65 bits per heavy atom. The van der Waals surface area contributed by atoms with E-state index in [9.17, 15) is 4.39 Å². The number of nitrogens with zero attached hydrogens (tertiary/aromatic N) is 1. The van der Waals surface area contributed by atoms with Gasteiger partial charge in [-0.2, -0.15) is 4.39 Å². The van der Waals surface area contributed by atoms with E-state index < -0.39 is 5.95 Å². The molecule has 2 aromatic rings. The lowest BCUT2D eigenvalue weighted by atomic mass is 10.1. The van der Waals surface area contributed by atoms with Crippen LogP contribution in [0.15, 0.2) is 42.5 Å². The summed E-state index contributed by atoms with van der Waals surface area (Å²) in [5.74, 6) is -0.00113. The summed E-state index contributed by atoms with van der Waals surface area (Å²) in [6.45, 7) is 1.95. The number of hydrogen-bond donors (Lipinski definition) is 1. The zero-order valence-corrected chi connectivity index (χ0v) is 10.1. The zero-order chi connectivity index (χ0) is 12.3. The van der Waals surface area contributed by atoms with Crippen molar-refractivity contribution >= 4 is 17.4 Å².